The smallest absolute Gasteiger partial charge is 0.250 e. The molecule has 2 N–H and O–H groups in total. The standard InChI is InChI=1S/C22H17N3O4S/c1-27-17-7-9-19-18(13-17)24-21(29-19)14-4-2-5-15(12-14)23-22(30)25-20(26)10-8-16-6-3-11-28-16/h2-13H,1H3,(H2,23,25,26,30). The van der Waals surface area contributed by atoms with Crippen molar-refractivity contribution in [1.82, 2.24) is 10.3 Å². The van der Waals surface area contributed by atoms with Crippen LogP contribution in [0.3, 0.4) is 0 Å². The molecule has 0 saturated carbocycles. The van der Waals surface area contributed by atoms with Gasteiger partial charge in [0.15, 0.2) is 10.7 Å². The number of anilines is 1. The number of fused-ring (bicyclic) bond motifs is 1. The van der Waals surface area contributed by atoms with Crippen molar-refractivity contribution in [3.05, 3.63) is 72.7 Å². The number of carbonyl (C=O) groups is 1. The van der Waals surface area contributed by atoms with E-state index in [2.05, 4.69) is 15.6 Å². The van der Waals surface area contributed by atoms with Crippen LogP contribution in [0.15, 0.2) is 75.8 Å². The van der Waals surface area contributed by atoms with E-state index < -0.39 is 0 Å². The molecule has 0 unspecified atom stereocenters. The fourth-order valence-corrected chi connectivity index (χ4v) is 2.97. The minimum absolute atomic E-state index is 0.170. The molecule has 0 aliphatic rings. The van der Waals surface area contributed by atoms with Gasteiger partial charge in [0.05, 0.1) is 13.4 Å². The maximum atomic E-state index is 12.0. The van der Waals surface area contributed by atoms with Gasteiger partial charge in [-0.25, -0.2) is 4.98 Å². The lowest BCUT2D eigenvalue weighted by Gasteiger charge is -2.08. The highest BCUT2D eigenvalue weighted by atomic mass is 32.1. The Morgan fingerprint density at radius 2 is 2.07 bits per heavy atom. The van der Waals surface area contributed by atoms with Gasteiger partial charge in [0.25, 0.3) is 0 Å². The molecule has 0 saturated heterocycles. The quantitative estimate of drug-likeness (QED) is 0.360. The second kappa shape index (κ2) is 8.62. The van der Waals surface area contributed by atoms with Crippen molar-refractivity contribution in [2.75, 3.05) is 12.4 Å². The maximum absolute atomic E-state index is 12.0. The Balaban J connectivity index is 1.44. The number of amides is 1. The van der Waals surface area contributed by atoms with Crippen LogP contribution in [0.25, 0.3) is 28.6 Å². The lowest BCUT2D eigenvalue weighted by Crippen LogP contribution is -2.32. The minimum Gasteiger partial charge on any atom is -0.497 e. The van der Waals surface area contributed by atoms with Crippen molar-refractivity contribution in [3.8, 4) is 17.2 Å². The van der Waals surface area contributed by atoms with Crippen LogP contribution in [0, 0.1) is 0 Å². The molecule has 0 fully saturated rings. The van der Waals surface area contributed by atoms with Crippen LogP contribution in [0.4, 0.5) is 5.69 Å². The molecule has 8 heteroatoms. The number of hydrogen-bond donors (Lipinski definition) is 2. The zero-order valence-electron chi connectivity index (χ0n) is 15.9. The third kappa shape index (κ3) is 4.56. The second-order valence-corrected chi connectivity index (χ2v) is 6.63. The molecule has 0 spiro atoms. The van der Waals surface area contributed by atoms with Crippen LogP contribution in [0.5, 0.6) is 5.75 Å². The third-order valence-corrected chi connectivity index (χ3v) is 4.35. The predicted octanol–water partition coefficient (Wildman–Crippen LogP) is 4.62. The Kier molecular flexibility index (Phi) is 5.58. The molecule has 2 aromatic heterocycles. The number of aromatic nitrogens is 1. The van der Waals surface area contributed by atoms with Crippen LogP contribution in [-0.4, -0.2) is 23.1 Å². The number of thiocarbonyl (C=S) groups is 1. The molecule has 2 heterocycles. The van der Waals surface area contributed by atoms with Gasteiger partial charge in [-0.05, 0) is 60.8 Å². The highest BCUT2D eigenvalue weighted by molar-refractivity contribution is 7.80. The Bertz CT molecular complexity index is 1230. The first kappa shape index (κ1) is 19.4. The fourth-order valence-electron chi connectivity index (χ4n) is 2.75. The number of ether oxygens (including phenoxy) is 1. The fraction of sp³-hybridized carbons (Fsp3) is 0.0455. The number of rotatable bonds is 5. The van der Waals surface area contributed by atoms with E-state index in [0.717, 1.165) is 5.56 Å². The lowest BCUT2D eigenvalue weighted by atomic mass is 10.2. The lowest BCUT2D eigenvalue weighted by molar-refractivity contribution is -0.115. The van der Waals surface area contributed by atoms with Crippen LogP contribution >= 0.6 is 12.2 Å². The van der Waals surface area contributed by atoms with Crippen molar-refractivity contribution in [3.63, 3.8) is 0 Å². The summed E-state index contributed by atoms with van der Waals surface area (Å²) in [5.74, 6) is 1.39. The molecule has 30 heavy (non-hydrogen) atoms. The number of methoxy groups -OCH3 is 1. The topological polar surface area (TPSA) is 89.5 Å². The van der Waals surface area contributed by atoms with Gasteiger partial charge in [-0.15, -0.1) is 0 Å². The Morgan fingerprint density at radius 1 is 1.17 bits per heavy atom. The van der Waals surface area contributed by atoms with E-state index in [9.17, 15) is 4.79 Å². The average molecular weight is 419 g/mol. The minimum atomic E-state index is -0.368. The van der Waals surface area contributed by atoms with E-state index in [4.69, 9.17) is 25.8 Å². The summed E-state index contributed by atoms with van der Waals surface area (Å²) in [5, 5.41) is 5.74. The molecular formula is C22H17N3O4S. The summed E-state index contributed by atoms with van der Waals surface area (Å²) >= 11 is 5.21. The van der Waals surface area contributed by atoms with E-state index in [1.54, 1.807) is 25.3 Å². The van der Waals surface area contributed by atoms with E-state index in [0.29, 0.717) is 34.2 Å². The summed E-state index contributed by atoms with van der Waals surface area (Å²) in [6.45, 7) is 0. The molecule has 0 aliphatic carbocycles. The van der Waals surface area contributed by atoms with E-state index >= 15 is 0 Å². The molecule has 0 bridgehead atoms. The molecule has 0 aliphatic heterocycles. The van der Waals surface area contributed by atoms with Crippen molar-refractivity contribution < 1.29 is 18.4 Å². The highest BCUT2D eigenvalue weighted by Crippen LogP contribution is 2.28. The number of nitrogens with one attached hydrogen (secondary N) is 2. The highest BCUT2D eigenvalue weighted by Gasteiger charge is 2.10. The van der Waals surface area contributed by atoms with Gasteiger partial charge in [0, 0.05) is 23.4 Å². The summed E-state index contributed by atoms with van der Waals surface area (Å²) in [6, 6.07) is 16.3. The number of carbonyl (C=O) groups excluding carboxylic acids is 1. The van der Waals surface area contributed by atoms with Gasteiger partial charge in [-0.2, -0.15) is 0 Å². The molecular weight excluding hydrogens is 402 g/mol. The molecule has 0 atom stereocenters. The average Bonchev–Trinajstić information content (AvgIpc) is 3.41. The van der Waals surface area contributed by atoms with Gasteiger partial charge in [-0.1, -0.05) is 6.07 Å². The zero-order valence-corrected chi connectivity index (χ0v) is 16.7. The second-order valence-electron chi connectivity index (χ2n) is 6.23. The van der Waals surface area contributed by atoms with E-state index in [1.807, 2.05) is 42.5 Å². The third-order valence-electron chi connectivity index (χ3n) is 4.14. The van der Waals surface area contributed by atoms with Gasteiger partial charge >= 0.3 is 0 Å². The molecule has 4 aromatic rings. The van der Waals surface area contributed by atoms with Crippen molar-refractivity contribution >= 4 is 46.1 Å². The summed E-state index contributed by atoms with van der Waals surface area (Å²) in [6.07, 6.45) is 4.43. The number of hydrogen-bond acceptors (Lipinski definition) is 6. The first-order valence-corrected chi connectivity index (χ1v) is 9.40. The number of benzene rings is 2. The zero-order chi connectivity index (χ0) is 20.9. The molecule has 0 radical (unpaired) electrons. The normalized spacial score (nSPS) is 11.0. The summed E-state index contributed by atoms with van der Waals surface area (Å²) in [7, 11) is 1.60. The Morgan fingerprint density at radius 3 is 2.87 bits per heavy atom. The number of nitrogens with zero attached hydrogens (tertiary/aromatic N) is 1. The van der Waals surface area contributed by atoms with Gasteiger partial charge < -0.3 is 18.9 Å². The largest absolute Gasteiger partial charge is 0.497 e. The molecule has 150 valence electrons. The summed E-state index contributed by atoms with van der Waals surface area (Å²) < 4.78 is 16.2. The first-order chi connectivity index (χ1) is 14.6. The predicted molar refractivity (Wildman–Crippen MR) is 118 cm³/mol. The van der Waals surface area contributed by atoms with Crippen LogP contribution in [0.2, 0.25) is 0 Å². The molecule has 2 aromatic carbocycles. The monoisotopic (exact) mass is 419 g/mol. The SMILES string of the molecule is COc1ccc2oc(-c3cccc(NC(=S)NC(=O)C=Cc4ccco4)c3)nc2c1. The van der Waals surface area contributed by atoms with Crippen molar-refractivity contribution in [2.45, 2.75) is 0 Å². The van der Waals surface area contributed by atoms with Gasteiger partial charge in [-0.3, -0.25) is 10.1 Å². The van der Waals surface area contributed by atoms with Crippen molar-refractivity contribution in [1.29, 1.82) is 0 Å². The molecule has 4 rings (SSSR count). The number of oxazole rings is 1. The van der Waals surface area contributed by atoms with E-state index in [1.165, 1.54) is 12.3 Å². The Hall–Kier alpha value is -3.91. The Labute approximate surface area is 177 Å². The van der Waals surface area contributed by atoms with Gasteiger partial charge in [0.2, 0.25) is 11.8 Å². The van der Waals surface area contributed by atoms with Crippen molar-refractivity contribution in [2.24, 2.45) is 0 Å². The number of furan rings is 1. The summed E-state index contributed by atoms with van der Waals surface area (Å²) in [4.78, 5) is 16.5. The van der Waals surface area contributed by atoms with Crippen LogP contribution in [-0.2, 0) is 4.79 Å². The molecule has 7 nitrogen and oxygen atoms in total. The van der Waals surface area contributed by atoms with Gasteiger partial charge in [0.1, 0.15) is 17.0 Å². The summed E-state index contributed by atoms with van der Waals surface area (Å²) in [5.41, 5.74) is 2.82. The molecule has 1 amide bonds. The first-order valence-electron chi connectivity index (χ1n) is 8.99. The van der Waals surface area contributed by atoms with Crippen LogP contribution in [0.1, 0.15) is 5.76 Å². The van der Waals surface area contributed by atoms with E-state index in [-0.39, 0.29) is 11.0 Å². The maximum Gasteiger partial charge on any atom is 0.250 e. The van der Waals surface area contributed by atoms with Crippen LogP contribution < -0.4 is 15.4 Å².